The molecule has 0 aliphatic carbocycles. The van der Waals surface area contributed by atoms with Gasteiger partial charge in [-0.3, -0.25) is 15.1 Å². The summed E-state index contributed by atoms with van der Waals surface area (Å²) in [5, 5.41) is 5.53. The first-order valence-electron chi connectivity index (χ1n) is 6.73. The fourth-order valence-corrected chi connectivity index (χ4v) is 2.68. The van der Waals surface area contributed by atoms with E-state index < -0.39 is 0 Å². The van der Waals surface area contributed by atoms with E-state index in [-0.39, 0.29) is 5.91 Å². The monoisotopic (exact) mass is 311 g/mol. The summed E-state index contributed by atoms with van der Waals surface area (Å²) in [7, 11) is 0. The second kappa shape index (κ2) is 6.86. The number of nitrogens with one attached hydrogen (secondary N) is 1. The van der Waals surface area contributed by atoms with Gasteiger partial charge in [-0.05, 0) is 24.6 Å². The van der Waals surface area contributed by atoms with E-state index in [1.807, 2.05) is 17.5 Å². The van der Waals surface area contributed by atoms with Gasteiger partial charge >= 0.3 is 0 Å². The Bertz CT molecular complexity index is 745. The van der Waals surface area contributed by atoms with Crippen molar-refractivity contribution < 1.29 is 4.79 Å². The first-order valence-corrected chi connectivity index (χ1v) is 7.61. The van der Waals surface area contributed by atoms with Crippen LogP contribution in [0.1, 0.15) is 12.1 Å². The molecular formula is C15H13N5OS. The number of hydrogen-bond donors (Lipinski definition) is 1. The summed E-state index contributed by atoms with van der Waals surface area (Å²) < 4.78 is 0. The quantitative estimate of drug-likeness (QED) is 0.783. The molecule has 0 atom stereocenters. The number of pyridine rings is 1. The van der Waals surface area contributed by atoms with Crippen molar-refractivity contribution in [2.75, 3.05) is 5.32 Å². The number of hydrogen-bond acceptors (Lipinski definition) is 6. The van der Waals surface area contributed by atoms with E-state index in [0.29, 0.717) is 18.8 Å². The number of thiazole rings is 1. The van der Waals surface area contributed by atoms with Crippen molar-refractivity contribution in [3.63, 3.8) is 0 Å². The molecule has 0 fully saturated rings. The Kier molecular flexibility index (Phi) is 4.45. The zero-order valence-electron chi connectivity index (χ0n) is 11.6. The molecule has 0 aliphatic heterocycles. The van der Waals surface area contributed by atoms with Gasteiger partial charge in [0.2, 0.25) is 11.9 Å². The summed E-state index contributed by atoms with van der Waals surface area (Å²) in [6, 6.07) is 5.55. The highest BCUT2D eigenvalue weighted by Crippen LogP contribution is 2.23. The number of carbonyl (C=O) groups excluding carboxylic acids is 1. The van der Waals surface area contributed by atoms with Crippen LogP contribution < -0.4 is 5.32 Å². The maximum absolute atomic E-state index is 11.8. The first kappa shape index (κ1) is 14.3. The highest BCUT2D eigenvalue weighted by molar-refractivity contribution is 7.13. The lowest BCUT2D eigenvalue weighted by Gasteiger charge is -2.01. The van der Waals surface area contributed by atoms with Crippen LogP contribution in [0.4, 0.5) is 5.95 Å². The molecule has 3 rings (SSSR count). The molecule has 0 radical (unpaired) electrons. The predicted molar refractivity (Wildman–Crippen MR) is 84.3 cm³/mol. The molecule has 3 heterocycles. The second-order valence-corrected chi connectivity index (χ2v) is 5.36. The summed E-state index contributed by atoms with van der Waals surface area (Å²) in [6.45, 7) is 0. The Hall–Kier alpha value is -2.67. The third-order valence-electron chi connectivity index (χ3n) is 2.89. The lowest BCUT2D eigenvalue weighted by molar-refractivity contribution is -0.116. The van der Waals surface area contributed by atoms with E-state index >= 15 is 0 Å². The van der Waals surface area contributed by atoms with Crippen LogP contribution in [0.25, 0.3) is 10.6 Å². The van der Waals surface area contributed by atoms with E-state index in [1.165, 1.54) is 0 Å². The lowest BCUT2D eigenvalue weighted by Crippen LogP contribution is -2.14. The third kappa shape index (κ3) is 3.70. The van der Waals surface area contributed by atoms with Gasteiger partial charge in [-0.25, -0.2) is 15.0 Å². The predicted octanol–water partition coefficient (Wildman–Crippen LogP) is 2.57. The van der Waals surface area contributed by atoms with Crippen molar-refractivity contribution in [1.29, 1.82) is 0 Å². The van der Waals surface area contributed by atoms with Gasteiger partial charge in [0.15, 0.2) is 0 Å². The Labute approximate surface area is 131 Å². The van der Waals surface area contributed by atoms with Crippen LogP contribution in [-0.4, -0.2) is 25.8 Å². The molecular weight excluding hydrogens is 298 g/mol. The molecule has 0 aliphatic rings. The molecule has 0 saturated carbocycles. The molecule has 3 aromatic rings. The summed E-state index contributed by atoms with van der Waals surface area (Å²) in [5.74, 6) is 0.198. The summed E-state index contributed by atoms with van der Waals surface area (Å²) in [6.07, 6.45) is 7.60. The molecule has 0 bridgehead atoms. The maximum Gasteiger partial charge on any atom is 0.229 e. The molecule has 1 amide bonds. The van der Waals surface area contributed by atoms with Gasteiger partial charge in [0.1, 0.15) is 5.01 Å². The first-order chi connectivity index (χ1) is 10.8. The molecule has 3 aromatic heterocycles. The molecule has 0 aromatic carbocycles. The zero-order valence-corrected chi connectivity index (χ0v) is 12.5. The van der Waals surface area contributed by atoms with Crippen LogP contribution in [0.5, 0.6) is 0 Å². The zero-order chi connectivity index (χ0) is 15.2. The molecule has 110 valence electrons. The number of aryl methyl sites for hydroxylation is 1. The SMILES string of the molecule is O=C(CCc1csc(-c2cccnc2)n1)Nc1ncccn1. The number of aromatic nitrogens is 4. The largest absolute Gasteiger partial charge is 0.295 e. The Morgan fingerprint density at radius 3 is 2.82 bits per heavy atom. The Morgan fingerprint density at radius 2 is 2.05 bits per heavy atom. The minimum atomic E-state index is -0.123. The number of nitrogens with zero attached hydrogens (tertiary/aromatic N) is 4. The third-order valence-corrected chi connectivity index (χ3v) is 3.83. The number of carbonyl (C=O) groups is 1. The van der Waals surface area contributed by atoms with Gasteiger partial charge in [-0.2, -0.15) is 0 Å². The Balaban J connectivity index is 1.56. The van der Waals surface area contributed by atoms with Crippen molar-refractivity contribution in [2.24, 2.45) is 0 Å². The van der Waals surface area contributed by atoms with Crippen LogP contribution >= 0.6 is 11.3 Å². The molecule has 22 heavy (non-hydrogen) atoms. The maximum atomic E-state index is 11.8. The van der Waals surface area contributed by atoms with Gasteiger partial charge in [0.25, 0.3) is 0 Å². The van der Waals surface area contributed by atoms with Crippen molar-refractivity contribution in [3.8, 4) is 10.6 Å². The smallest absolute Gasteiger partial charge is 0.229 e. The standard InChI is InChI=1S/C15H13N5OS/c21-13(20-15-17-7-2-8-18-15)5-4-12-10-22-14(19-12)11-3-1-6-16-9-11/h1-3,6-10H,4-5H2,(H,17,18,20,21). The number of anilines is 1. The van der Waals surface area contributed by atoms with E-state index in [4.69, 9.17) is 0 Å². The van der Waals surface area contributed by atoms with Crippen LogP contribution in [0.3, 0.4) is 0 Å². The topological polar surface area (TPSA) is 80.7 Å². The van der Waals surface area contributed by atoms with Gasteiger partial charge in [-0.1, -0.05) is 0 Å². The summed E-state index contributed by atoms with van der Waals surface area (Å²) >= 11 is 1.55. The van der Waals surface area contributed by atoms with Crippen LogP contribution in [0.2, 0.25) is 0 Å². The average Bonchev–Trinajstić information content (AvgIpc) is 3.04. The summed E-state index contributed by atoms with van der Waals surface area (Å²) in [5.41, 5.74) is 1.88. The highest BCUT2D eigenvalue weighted by atomic mass is 32.1. The number of rotatable bonds is 5. The van der Waals surface area contributed by atoms with Crippen molar-refractivity contribution in [1.82, 2.24) is 19.9 Å². The minimum Gasteiger partial charge on any atom is -0.295 e. The van der Waals surface area contributed by atoms with Crippen molar-refractivity contribution >= 4 is 23.2 Å². The van der Waals surface area contributed by atoms with Gasteiger partial charge < -0.3 is 0 Å². The second-order valence-electron chi connectivity index (χ2n) is 4.51. The molecule has 1 N–H and O–H groups in total. The average molecular weight is 311 g/mol. The highest BCUT2D eigenvalue weighted by Gasteiger charge is 2.08. The van der Waals surface area contributed by atoms with Gasteiger partial charge in [0, 0.05) is 42.2 Å². The van der Waals surface area contributed by atoms with E-state index in [9.17, 15) is 4.79 Å². The van der Waals surface area contributed by atoms with Gasteiger partial charge in [0.05, 0.1) is 5.69 Å². The Morgan fingerprint density at radius 1 is 1.18 bits per heavy atom. The van der Waals surface area contributed by atoms with Crippen LogP contribution in [0.15, 0.2) is 48.4 Å². The normalized spacial score (nSPS) is 10.4. The van der Waals surface area contributed by atoms with E-state index in [0.717, 1.165) is 16.3 Å². The van der Waals surface area contributed by atoms with Crippen molar-refractivity contribution in [3.05, 3.63) is 54.1 Å². The van der Waals surface area contributed by atoms with E-state index in [1.54, 1.807) is 42.2 Å². The van der Waals surface area contributed by atoms with Crippen LogP contribution in [0, 0.1) is 0 Å². The molecule has 7 heteroatoms. The molecule has 6 nitrogen and oxygen atoms in total. The summed E-state index contributed by atoms with van der Waals surface area (Å²) in [4.78, 5) is 28.4. The fraction of sp³-hybridized carbons (Fsp3) is 0.133. The van der Waals surface area contributed by atoms with Crippen molar-refractivity contribution in [2.45, 2.75) is 12.8 Å². The molecule has 0 saturated heterocycles. The lowest BCUT2D eigenvalue weighted by atomic mass is 10.2. The fourth-order valence-electron chi connectivity index (χ4n) is 1.84. The van der Waals surface area contributed by atoms with Gasteiger partial charge in [-0.15, -0.1) is 11.3 Å². The molecule has 0 unspecified atom stereocenters. The van der Waals surface area contributed by atoms with Crippen LogP contribution in [-0.2, 0) is 11.2 Å². The number of amides is 1. The van der Waals surface area contributed by atoms with E-state index in [2.05, 4.69) is 25.3 Å². The minimum absolute atomic E-state index is 0.123. The molecule has 0 spiro atoms.